The molecule has 1 aliphatic heterocycles. The molecule has 2 aliphatic rings. The molecule has 2 aromatic rings. The maximum Gasteiger partial charge on any atom is 0.256 e. The monoisotopic (exact) mass is 321 g/mol. The molecule has 1 aromatic heterocycles. The van der Waals surface area contributed by atoms with Crippen LogP contribution in [0.25, 0.3) is 0 Å². The van der Waals surface area contributed by atoms with E-state index in [2.05, 4.69) is 26.5 Å². The molecule has 1 saturated carbocycles. The molecule has 0 bridgehead atoms. The zero-order chi connectivity index (χ0) is 16.5. The molecule has 2 fully saturated rings. The van der Waals surface area contributed by atoms with Crippen LogP contribution < -0.4 is 10.2 Å². The first-order valence-electron chi connectivity index (χ1n) is 8.40. The third-order valence-electron chi connectivity index (χ3n) is 4.68. The number of nitrogens with zero attached hydrogens (tertiary/aromatic N) is 3. The van der Waals surface area contributed by atoms with Crippen molar-refractivity contribution < 1.29 is 4.79 Å². The first-order chi connectivity index (χ1) is 11.7. The Kier molecular flexibility index (Phi) is 3.69. The van der Waals surface area contributed by atoms with Crippen LogP contribution in [0.3, 0.4) is 0 Å². The minimum Gasteiger partial charge on any atom is -0.370 e. The number of carbonyl (C=O) groups excluding carboxylic acids is 1. The normalized spacial score (nSPS) is 16.9. The molecule has 122 valence electrons. The van der Waals surface area contributed by atoms with Crippen LogP contribution in [-0.2, 0) is 0 Å². The molecule has 0 atom stereocenters. The number of H-pyrrole nitrogens is 1. The fraction of sp³-hybridized carbons (Fsp3) is 0.389. The van der Waals surface area contributed by atoms with Crippen molar-refractivity contribution in [3.05, 3.63) is 41.1 Å². The highest BCUT2D eigenvalue weighted by molar-refractivity contribution is 6.04. The van der Waals surface area contributed by atoms with E-state index in [0.29, 0.717) is 22.9 Å². The number of anilines is 2. The molecule has 24 heavy (non-hydrogen) atoms. The van der Waals surface area contributed by atoms with Crippen LogP contribution in [0, 0.1) is 11.3 Å². The van der Waals surface area contributed by atoms with Gasteiger partial charge in [-0.25, -0.2) is 0 Å². The zero-order valence-corrected chi connectivity index (χ0v) is 13.4. The van der Waals surface area contributed by atoms with Gasteiger partial charge in [0.25, 0.3) is 5.91 Å². The zero-order valence-electron chi connectivity index (χ0n) is 13.4. The average Bonchev–Trinajstić information content (AvgIpc) is 3.11. The minimum absolute atomic E-state index is 0.242. The highest BCUT2D eigenvalue weighted by Gasteiger charge is 2.26. The minimum atomic E-state index is -0.242. The molecular weight excluding hydrogens is 302 g/mol. The highest BCUT2D eigenvalue weighted by Crippen LogP contribution is 2.39. The second-order valence-electron chi connectivity index (χ2n) is 6.47. The number of nitrogens with one attached hydrogen (secondary N) is 2. The predicted molar refractivity (Wildman–Crippen MR) is 91.1 cm³/mol. The van der Waals surface area contributed by atoms with E-state index < -0.39 is 0 Å². The third-order valence-corrected chi connectivity index (χ3v) is 4.68. The lowest BCUT2D eigenvalue weighted by molar-refractivity contribution is 0.102. The van der Waals surface area contributed by atoms with Crippen molar-refractivity contribution in [2.45, 2.75) is 31.6 Å². The van der Waals surface area contributed by atoms with Gasteiger partial charge in [-0.1, -0.05) is 0 Å². The van der Waals surface area contributed by atoms with Gasteiger partial charge >= 0.3 is 0 Å². The van der Waals surface area contributed by atoms with Gasteiger partial charge in [-0.2, -0.15) is 10.4 Å². The van der Waals surface area contributed by atoms with E-state index in [0.717, 1.165) is 37.3 Å². The molecule has 0 radical (unpaired) electrons. The fourth-order valence-corrected chi connectivity index (χ4v) is 3.19. The Labute approximate surface area is 140 Å². The molecule has 0 unspecified atom stereocenters. The number of benzene rings is 1. The van der Waals surface area contributed by atoms with Gasteiger partial charge < -0.3 is 10.2 Å². The summed E-state index contributed by atoms with van der Waals surface area (Å²) in [7, 11) is 0. The Morgan fingerprint density at radius 2 is 2.08 bits per heavy atom. The van der Waals surface area contributed by atoms with E-state index in [9.17, 15) is 10.1 Å². The van der Waals surface area contributed by atoms with E-state index in [1.807, 2.05) is 12.1 Å². The second kappa shape index (κ2) is 6.00. The lowest BCUT2D eigenvalue weighted by Crippen LogP contribution is -2.19. The van der Waals surface area contributed by atoms with Crippen LogP contribution in [0.1, 0.15) is 53.2 Å². The second-order valence-corrected chi connectivity index (χ2v) is 6.47. The number of rotatable bonds is 4. The largest absolute Gasteiger partial charge is 0.370 e. The van der Waals surface area contributed by atoms with Crippen LogP contribution in [0.2, 0.25) is 0 Å². The summed E-state index contributed by atoms with van der Waals surface area (Å²) < 4.78 is 0. The molecule has 0 spiro atoms. The summed E-state index contributed by atoms with van der Waals surface area (Å²) in [6, 6.07) is 9.42. The highest BCUT2D eigenvalue weighted by atomic mass is 16.1. The Morgan fingerprint density at radius 1 is 1.29 bits per heavy atom. The summed E-state index contributed by atoms with van der Waals surface area (Å²) in [5.41, 5.74) is 3.02. The standard InChI is InChI=1S/C18H19N5O/c19-11-14-9-13(5-6-16(14)23-7-1-2-8-23)18(24)20-17-10-15(21-22-17)12-3-4-12/h5-6,9-10,12H,1-4,7-8H2,(H2,20,21,22,24). The van der Waals surface area contributed by atoms with Crippen molar-refractivity contribution in [1.82, 2.24) is 10.2 Å². The van der Waals surface area contributed by atoms with Crippen LogP contribution >= 0.6 is 0 Å². The lowest BCUT2D eigenvalue weighted by Gasteiger charge is -2.19. The fourth-order valence-electron chi connectivity index (χ4n) is 3.19. The maximum absolute atomic E-state index is 12.4. The molecule has 1 aromatic carbocycles. The van der Waals surface area contributed by atoms with E-state index in [-0.39, 0.29) is 5.91 Å². The Balaban J connectivity index is 1.52. The molecule has 6 heteroatoms. The number of hydrogen-bond donors (Lipinski definition) is 2. The molecule has 6 nitrogen and oxygen atoms in total. The Bertz CT molecular complexity index is 809. The average molecular weight is 321 g/mol. The van der Waals surface area contributed by atoms with Gasteiger partial charge in [-0.05, 0) is 43.9 Å². The SMILES string of the molecule is N#Cc1cc(C(=O)Nc2cc(C3CC3)[nH]n2)ccc1N1CCCC1. The van der Waals surface area contributed by atoms with Gasteiger partial charge in [0.1, 0.15) is 6.07 Å². The van der Waals surface area contributed by atoms with E-state index >= 15 is 0 Å². The van der Waals surface area contributed by atoms with E-state index in [4.69, 9.17) is 0 Å². The van der Waals surface area contributed by atoms with Crippen LogP contribution in [0.15, 0.2) is 24.3 Å². The van der Waals surface area contributed by atoms with Gasteiger partial charge in [0.15, 0.2) is 5.82 Å². The number of hydrogen-bond acceptors (Lipinski definition) is 4. The van der Waals surface area contributed by atoms with Gasteiger partial charge in [0.05, 0.1) is 11.3 Å². The summed E-state index contributed by atoms with van der Waals surface area (Å²) in [6.07, 6.45) is 4.66. The Hall–Kier alpha value is -2.81. The van der Waals surface area contributed by atoms with Crippen LogP contribution in [0.4, 0.5) is 11.5 Å². The van der Waals surface area contributed by atoms with Crippen molar-refractivity contribution in [1.29, 1.82) is 5.26 Å². The molecular formula is C18H19N5O. The van der Waals surface area contributed by atoms with Crippen molar-refractivity contribution >= 4 is 17.4 Å². The number of carbonyl (C=O) groups is 1. The Morgan fingerprint density at radius 3 is 2.79 bits per heavy atom. The van der Waals surface area contributed by atoms with Crippen molar-refractivity contribution in [2.75, 3.05) is 23.3 Å². The maximum atomic E-state index is 12.4. The summed E-state index contributed by atoms with van der Waals surface area (Å²) in [6.45, 7) is 1.94. The molecule has 1 amide bonds. The van der Waals surface area contributed by atoms with Gasteiger partial charge in [-0.15, -0.1) is 0 Å². The number of amides is 1. The molecule has 2 heterocycles. The molecule has 1 saturated heterocycles. The summed E-state index contributed by atoms with van der Waals surface area (Å²) in [4.78, 5) is 14.6. The first-order valence-corrected chi connectivity index (χ1v) is 8.40. The van der Waals surface area contributed by atoms with Gasteiger partial charge in [0, 0.05) is 36.3 Å². The molecule has 2 N–H and O–H groups in total. The van der Waals surface area contributed by atoms with Crippen molar-refractivity contribution in [3.63, 3.8) is 0 Å². The quantitative estimate of drug-likeness (QED) is 0.906. The number of aromatic nitrogens is 2. The summed E-state index contributed by atoms with van der Waals surface area (Å²) in [5, 5.41) is 19.3. The molecule has 4 rings (SSSR count). The third kappa shape index (κ3) is 2.85. The topological polar surface area (TPSA) is 84.8 Å². The lowest BCUT2D eigenvalue weighted by atomic mass is 10.1. The summed E-state index contributed by atoms with van der Waals surface area (Å²) >= 11 is 0. The van der Waals surface area contributed by atoms with Gasteiger partial charge in [0.2, 0.25) is 0 Å². The smallest absolute Gasteiger partial charge is 0.256 e. The van der Waals surface area contributed by atoms with Crippen molar-refractivity contribution in [2.24, 2.45) is 0 Å². The summed E-state index contributed by atoms with van der Waals surface area (Å²) in [5.74, 6) is 0.852. The predicted octanol–water partition coefficient (Wildman–Crippen LogP) is 3.01. The first kappa shape index (κ1) is 14.8. The van der Waals surface area contributed by atoms with E-state index in [1.54, 1.807) is 12.1 Å². The van der Waals surface area contributed by atoms with Crippen LogP contribution in [-0.4, -0.2) is 29.2 Å². The van der Waals surface area contributed by atoms with E-state index in [1.165, 1.54) is 12.8 Å². The number of aromatic amines is 1. The number of nitriles is 1. The van der Waals surface area contributed by atoms with Crippen molar-refractivity contribution in [3.8, 4) is 6.07 Å². The van der Waals surface area contributed by atoms with Crippen LogP contribution in [0.5, 0.6) is 0 Å². The molecule has 1 aliphatic carbocycles. The van der Waals surface area contributed by atoms with Gasteiger partial charge in [-0.3, -0.25) is 9.89 Å².